The molecule has 3 amide bonds. The summed E-state index contributed by atoms with van der Waals surface area (Å²) in [6.45, 7) is 7.60. The quantitative estimate of drug-likeness (QED) is 0.672. The Morgan fingerprint density at radius 1 is 1.14 bits per heavy atom. The van der Waals surface area contributed by atoms with Crippen LogP contribution in [-0.4, -0.2) is 57.4 Å². The number of benzene rings is 1. The minimum absolute atomic E-state index is 0.0579. The molecular weight excluding hydrogens is 466 g/mol. The van der Waals surface area contributed by atoms with Crippen LogP contribution in [0.3, 0.4) is 0 Å². The van der Waals surface area contributed by atoms with Crippen molar-refractivity contribution < 1.29 is 19.1 Å². The first-order chi connectivity index (χ1) is 16.6. The molecule has 2 N–H and O–H groups in total. The molecule has 184 valence electrons. The van der Waals surface area contributed by atoms with Gasteiger partial charge in [0.1, 0.15) is 11.1 Å². The Morgan fingerprint density at radius 3 is 2.57 bits per heavy atom. The Labute approximate surface area is 208 Å². The molecule has 4 rings (SSSR count). The molecule has 0 spiro atoms. The zero-order chi connectivity index (χ0) is 25.2. The van der Waals surface area contributed by atoms with E-state index in [-0.39, 0.29) is 24.3 Å². The Balaban J connectivity index is 1.69. The number of amidine groups is 1. The van der Waals surface area contributed by atoms with Crippen molar-refractivity contribution >= 4 is 40.5 Å². The van der Waals surface area contributed by atoms with Crippen LogP contribution in [0.4, 0.5) is 10.5 Å². The minimum atomic E-state index is -0.893. The molecule has 3 heterocycles. The summed E-state index contributed by atoms with van der Waals surface area (Å²) >= 11 is 1.44. The lowest BCUT2D eigenvalue weighted by molar-refractivity contribution is -0.114. The SMILES string of the molecule is CC(=O)Nc1ccnc([C@@]23CN(C(=O)OC(C)(C)C)C[C@@H]2CSC(NC(=O)c2ccccc2)=N3)c1. The normalized spacial score (nSPS) is 21.5. The number of hydrogen-bond acceptors (Lipinski definition) is 7. The number of carbonyl (C=O) groups is 3. The van der Waals surface area contributed by atoms with E-state index in [1.807, 2.05) is 26.8 Å². The van der Waals surface area contributed by atoms with Crippen molar-refractivity contribution in [3.05, 3.63) is 59.9 Å². The third kappa shape index (κ3) is 5.64. The van der Waals surface area contributed by atoms with E-state index < -0.39 is 17.2 Å². The molecule has 1 saturated heterocycles. The number of aromatic nitrogens is 1. The molecule has 1 aromatic carbocycles. The molecule has 2 aliphatic heterocycles. The molecule has 0 aliphatic carbocycles. The van der Waals surface area contributed by atoms with E-state index in [1.54, 1.807) is 47.5 Å². The smallest absolute Gasteiger partial charge is 0.410 e. The van der Waals surface area contributed by atoms with Crippen LogP contribution in [0.2, 0.25) is 0 Å². The Morgan fingerprint density at radius 2 is 1.89 bits per heavy atom. The van der Waals surface area contributed by atoms with Gasteiger partial charge in [0.2, 0.25) is 5.91 Å². The highest BCUT2D eigenvalue weighted by molar-refractivity contribution is 8.13. The van der Waals surface area contributed by atoms with Gasteiger partial charge in [-0.05, 0) is 45.0 Å². The number of thioether (sulfide) groups is 1. The van der Waals surface area contributed by atoms with Crippen LogP contribution in [-0.2, 0) is 15.1 Å². The summed E-state index contributed by atoms with van der Waals surface area (Å²) in [7, 11) is 0. The molecule has 0 bridgehead atoms. The fourth-order valence-electron chi connectivity index (χ4n) is 4.20. The molecule has 0 radical (unpaired) electrons. The fraction of sp³-hybridized carbons (Fsp3) is 0.400. The van der Waals surface area contributed by atoms with Crippen LogP contribution in [0.1, 0.15) is 43.7 Å². The van der Waals surface area contributed by atoms with Crippen LogP contribution in [0.15, 0.2) is 53.7 Å². The van der Waals surface area contributed by atoms with Crippen molar-refractivity contribution in [1.82, 2.24) is 15.2 Å². The van der Waals surface area contributed by atoms with Crippen molar-refractivity contribution in [2.24, 2.45) is 10.9 Å². The number of nitrogens with one attached hydrogen (secondary N) is 2. The Hall–Kier alpha value is -3.40. The van der Waals surface area contributed by atoms with Gasteiger partial charge in [0.25, 0.3) is 5.91 Å². The fourth-order valence-corrected chi connectivity index (χ4v) is 5.33. The molecule has 2 aromatic rings. The number of ether oxygens (including phenoxy) is 1. The lowest BCUT2D eigenvalue weighted by atomic mass is 9.85. The second-order valence-electron chi connectivity index (χ2n) is 9.64. The molecule has 0 unspecified atom stereocenters. The van der Waals surface area contributed by atoms with Crippen LogP contribution < -0.4 is 10.6 Å². The van der Waals surface area contributed by atoms with Gasteiger partial charge in [-0.3, -0.25) is 14.6 Å². The molecule has 2 atom stereocenters. The van der Waals surface area contributed by atoms with E-state index in [9.17, 15) is 14.4 Å². The number of amides is 3. The summed E-state index contributed by atoms with van der Waals surface area (Å²) in [6, 6.07) is 12.4. The highest BCUT2D eigenvalue weighted by Gasteiger charge is 2.53. The van der Waals surface area contributed by atoms with Crippen molar-refractivity contribution in [3.8, 4) is 0 Å². The van der Waals surface area contributed by atoms with Crippen molar-refractivity contribution in [1.29, 1.82) is 0 Å². The Bertz CT molecular complexity index is 1160. The predicted molar refractivity (Wildman–Crippen MR) is 135 cm³/mol. The maximum atomic E-state index is 12.9. The number of hydrogen-bond donors (Lipinski definition) is 2. The third-order valence-electron chi connectivity index (χ3n) is 5.70. The number of aliphatic imine (C=N–C) groups is 1. The molecule has 1 aromatic heterocycles. The monoisotopic (exact) mass is 495 g/mol. The second kappa shape index (κ2) is 9.69. The molecule has 1 fully saturated rings. The van der Waals surface area contributed by atoms with Crippen molar-refractivity contribution in [2.75, 3.05) is 24.2 Å². The lowest BCUT2D eigenvalue weighted by Gasteiger charge is -2.34. The van der Waals surface area contributed by atoms with Crippen molar-refractivity contribution in [2.45, 2.75) is 38.8 Å². The van der Waals surface area contributed by atoms with E-state index in [0.29, 0.717) is 34.4 Å². The molecule has 2 aliphatic rings. The van der Waals surface area contributed by atoms with Crippen LogP contribution in [0.25, 0.3) is 0 Å². The van der Waals surface area contributed by atoms with E-state index in [0.717, 1.165) is 0 Å². The maximum Gasteiger partial charge on any atom is 0.410 e. The summed E-state index contributed by atoms with van der Waals surface area (Å²) in [6.07, 6.45) is 1.20. The number of rotatable bonds is 3. The standard InChI is InChI=1S/C25H29N5O4S/c1-16(31)27-19-10-11-26-20(12-19)25-15-30(23(33)34-24(2,3)4)13-18(25)14-35-22(29-25)28-21(32)17-8-6-5-7-9-17/h5-12,18H,13-15H2,1-4H3,(H,26,27,31)(H,28,29,32)/t18-,25-/m1/s1. The van der Waals surface area contributed by atoms with Gasteiger partial charge < -0.3 is 20.3 Å². The van der Waals surface area contributed by atoms with Gasteiger partial charge in [0, 0.05) is 42.6 Å². The average molecular weight is 496 g/mol. The van der Waals surface area contributed by atoms with E-state index >= 15 is 0 Å². The first-order valence-electron chi connectivity index (χ1n) is 11.4. The first-order valence-corrected chi connectivity index (χ1v) is 12.4. The number of pyridine rings is 1. The zero-order valence-electron chi connectivity index (χ0n) is 20.2. The molecule has 10 heteroatoms. The summed E-state index contributed by atoms with van der Waals surface area (Å²) in [5.74, 6) is 0.112. The summed E-state index contributed by atoms with van der Waals surface area (Å²) in [5, 5.41) is 6.16. The van der Waals surface area contributed by atoms with Gasteiger partial charge in [0.05, 0.1) is 12.2 Å². The van der Waals surface area contributed by atoms with E-state index in [4.69, 9.17) is 9.73 Å². The van der Waals surface area contributed by atoms with E-state index in [2.05, 4.69) is 15.6 Å². The van der Waals surface area contributed by atoms with Gasteiger partial charge in [0.15, 0.2) is 5.17 Å². The number of likely N-dealkylation sites (tertiary alicyclic amines) is 1. The third-order valence-corrected chi connectivity index (χ3v) is 6.74. The molecule has 0 saturated carbocycles. The lowest BCUT2D eigenvalue weighted by Crippen LogP contribution is -2.43. The number of nitrogens with zero attached hydrogens (tertiary/aromatic N) is 3. The summed E-state index contributed by atoms with van der Waals surface area (Å²) in [5.41, 5.74) is 0.213. The molecule has 35 heavy (non-hydrogen) atoms. The topological polar surface area (TPSA) is 113 Å². The zero-order valence-corrected chi connectivity index (χ0v) is 21.0. The highest BCUT2D eigenvalue weighted by atomic mass is 32.2. The largest absolute Gasteiger partial charge is 0.444 e. The van der Waals surface area contributed by atoms with Crippen LogP contribution in [0.5, 0.6) is 0 Å². The summed E-state index contributed by atoms with van der Waals surface area (Å²) in [4.78, 5) is 48.6. The first kappa shape index (κ1) is 24.7. The van der Waals surface area contributed by atoms with Gasteiger partial charge in [-0.1, -0.05) is 30.0 Å². The van der Waals surface area contributed by atoms with Gasteiger partial charge in [-0.2, -0.15) is 0 Å². The molecular formula is C25H29N5O4S. The number of carbonyl (C=O) groups excluding carboxylic acids is 3. The second-order valence-corrected chi connectivity index (χ2v) is 10.6. The summed E-state index contributed by atoms with van der Waals surface area (Å²) < 4.78 is 5.62. The highest BCUT2D eigenvalue weighted by Crippen LogP contribution is 2.45. The van der Waals surface area contributed by atoms with Gasteiger partial charge >= 0.3 is 6.09 Å². The van der Waals surface area contributed by atoms with Gasteiger partial charge in [-0.15, -0.1) is 0 Å². The van der Waals surface area contributed by atoms with Crippen LogP contribution in [0, 0.1) is 5.92 Å². The van der Waals surface area contributed by atoms with Crippen LogP contribution >= 0.6 is 11.8 Å². The van der Waals surface area contributed by atoms with E-state index in [1.165, 1.54) is 18.7 Å². The number of fused-ring (bicyclic) bond motifs is 1. The van der Waals surface area contributed by atoms with Crippen molar-refractivity contribution in [3.63, 3.8) is 0 Å². The molecule has 9 nitrogen and oxygen atoms in total. The van der Waals surface area contributed by atoms with Gasteiger partial charge in [-0.25, -0.2) is 9.79 Å². The minimum Gasteiger partial charge on any atom is -0.444 e. The maximum absolute atomic E-state index is 12.9. The number of anilines is 1. The predicted octanol–water partition coefficient (Wildman–Crippen LogP) is 3.64. The Kier molecular flexibility index (Phi) is 6.84. The average Bonchev–Trinajstić information content (AvgIpc) is 3.19.